The summed E-state index contributed by atoms with van der Waals surface area (Å²) in [7, 11) is 0. The molecule has 0 radical (unpaired) electrons. The molecular weight excluding hydrogens is 378 g/mol. The zero-order valence-corrected chi connectivity index (χ0v) is 15.7. The minimum absolute atomic E-state index is 0.0316. The SMILES string of the molecule is Cc1ccc(C(=O)Nc2nnc(CC(=O)N/N=C\c3ccccc3O)s2)cc1. The van der Waals surface area contributed by atoms with Gasteiger partial charge in [0.25, 0.3) is 5.91 Å². The van der Waals surface area contributed by atoms with E-state index in [0.29, 0.717) is 21.3 Å². The number of aromatic hydroxyl groups is 1. The van der Waals surface area contributed by atoms with Crippen LogP contribution in [0.1, 0.15) is 26.5 Å². The van der Waals surface area contributed by atoms with Gasteiger partial charge in [0.1, 0.15) is 10.8 Å². The van der Waals surface area contributed by atoms with Crippen molar-refractivity contribution in [1.82, 2.24) is 15.6 Å². The van der Waals surface area contributed by atoms with Crippen molar-refractivity contribution >= 4 is 34.5 Å². The number of para-hydroxylation sites is 1. The number of aromatic nitrogens is 2. The fourth-order valence-corrected chi connectivity index (χ4v) is 2.93. The Hall–Kier alpha value is -3.59. The monoisotopic (exact) mass is 395 g/mol. The van der Waals surface area contributed by atoms with E-state index in [1.807, 2.05) is 19.1 Å². The third-order valence-corrected chi connectivity index (χ3v) is 4.48. The predicted octanol–water partition coefficient (Wildman–Crippen LogP) is 2.50. The molecule has 28 heavy (non-hydrogen) atoms. The second-order valence-corrected chi connectivity index (χ2v) is 6.91. The quantitative estimate of drug-likeness (QED) is 0.438. The lowest BCUT2D eigenvalue weighted by molar-refractivity contribution is -0.120. The van der Waals surface area contributed by atoms with Gasteiger partial charge in [-0.1, -0.05) is 41.2 Å². The van der Waals surface area contributed by atoms with Crippen LogP contribution < -0.4 is 10.7 Å². The van der Waals surface area contributed by atoms with E-state index in [-0.39, 0.29) is 24.0 Å². The molecule has 2 amide bonds. The van der Waals surface area contributed by atoms with Crippen LogP contribution in [0.25, 0.3) is 0 Å². The van der Waals surface area contributed by atoms with Crippen molar-refractivity contribution in [1.29, 1.82) is 0 Å². The lowest BCUT2D eigenvalue weighted by Crippen LogP contribution is -2.19. The molecule has 9 heteroatoms. The number of carbonyl (C=O) groups is 2. The van der Waals surface area contributed by atoms with Crippen molar-refractivity contribution in [3.63, 3.8) is 0 Å². The van der Waals surface area contributed by atoms with Crippen molar-refractivity contribution in [2.75, 3.05) is 5.32 Å². The summed E-state index contributed by atoms with van der Waals surface area (Å²) in [5, 5.41) is 24.6. The van der Waals surface area contributed by atoms with Crippen LogP contribution in [0.2, 0.25) is 0 Å². The van der Waals surface area contributed by atoms with Crippen LogP contribution in [0.4, 0.5) is 5.13 Å². The van der Waals surface area contributed by atoms with E-state index in [4.69, 9.17) is 0 Å². The molecule has 0 aliphatic rings. The van der Waals surface area contributed by atoms with Crippen LogP contribution >= 0.6 is 11.3 Å². The molecule has 8 nitrogen and oxygen atoms in total. The molecule has 2 aromatic carbocycles. The number of anilines is 1. The van der Waals surface area contributed by atoms with Crippen molar-refractivity contribution in [3.8, 4) is 5.75 Å². The first kappa shape index (κ1) is 19.2. The molecule has 3 aromatic rings. The van der Waals surface area contributed by atoms with Gasteiger partial charge in [-0.3, -0.25) is 14.9 Å². The fourth-order valence-electron chi connectivity index (χ4n) is 2.20. The number of hydrazone groups is 1. The number of hydrogen-bond donors (Lipinski definition) is 3. The first-order valence-corrected chi connectivity index (χ1v) is 9.13. The Morgan fingerprint density at radius 3 is 2.64 bits per heavy atom. The lowest BCUT2D eigenvalue weighted by Gasteiger charge is -2.01. The molecule has 0 atom stereocenters. The number of phenols is 1. The Balaban J connectivity index is 1.52. The van der Waals surface area contributed by atoms with Gasteiger partial charge >= 0.3 is 0 Å². The van der Waals surface area contributed by atoms with Crippen LogP contribution in [0.3, 0.4) is 0 Å². The maximum absolute atomic E-state index is 12.2. The second kappa shape index (κ2) is 8.87. The maximum atomic E-state index is 12.2. The largest absolute Gasteiger partial charge is 0.507 e. The fraction of sp³-hybridized carbons (Fsp3) is 0.105. The number of nitrogens with zero attached hydrogens (tertiary/aromatic N) is 3. The van der Waals surface area contributed by atoms with Crippen molar-refractivity contribution < 1.29 is 14.7 Å². The molecule has 1 heterocycles. The summed E-state index contributed by atoms with van der Waals surface area (Å²) in [6.45, 7) is 1.94. The summed E-state index contributed by atoms with van der Waals surface area (Å²) in [4.78, 5) is 24.1. The van der Waals surface area contributed by atoms with E-state index in [1.165, 1.54) is 12.3 Å². The highest BCUT2D eigenvalue weighted by Crippen LogP contribution is 2.17. The standard InChI is InChI=1S/C19H17N5O3S/c1-12-6-8-13(9-7-12)18(27)21-19-24-23-17(28-19)10-16(26)22-20-11-14-4-2-3-5-15(14)25/h2-9,11,25H,10H2,1H3,(H,22,26)(H,21,24,27)/b20-11-. The van der Waals surface area contributed by atoms with Crippen LogP contribution in [-0.4, -0.2) is 33.3 Å². The summed E-state index contributed by atoms with van der Waals surface area (Å²) in [5.41, 5.74) is 4.42. The summed E-state index contributed by atoms with van der Waals surface area (Å²) in [6.07, 6.45) is 1.32. The molecule has 3 N–H and O–H groups in total. The highest BCUT2D eigenvalue weighted by molar-refractivity contribution is 7.15. The van der Waals surface area contributed by atoms with Crippen molar-refractivity contribution in [2.24, 2.45) is 5.10 Å². The van der Waals surface area contributed by atoms with Crippen molar-refractivity contribution in [3.05, 3.63) is 70.2 Å². The van der Waals surface area contributed by atoms with E-state index in [0.717, 1.165) is 16.9 Å². The van der Waals surface area contributed by atoms with Gasteiger partial charge in [-0.15, -0.1) is 10.2 Å². The number of nitrogens with one attached hydrogen (secondary N) is 2. The lowest BCUT2D eigenvalue weighted by atomic mass is 10.1. The number of rotatable bonds is 6. The number of benzene rings is 2. The highest BCUT2D eigenvalue weighted by Gasteiger charge is 2.12. The molecule has 0 aliphatic heterocycles. The molecule has 0 bridgehead atoms. The summed E-state index contributed by atoms with van der Waals surface area (Å²) >= 11 is 1.11. The molecule has 0 saturated heterocycles. The molecule has 3 rings (SSSR count). The Morgan fingerprint density at radius 2 is 1.89 bits per heavy atom. The molecule has 0 saturated carbocycles. The van der Waals surface area contributed by atoms with Crippen LogP contribution in [0.15, 0.2) is 53.6 Å². The Labute approximate surface area is 165 Å². The van der Waals surface area contributed by atoms with Gasteiger partial charge in [0.05, 0.1) is 12.6 Å². The molecule has 0 spiro atoms. The molecule has 0 fully saturated rings. The van der Waals surface area contributed by atoms with Crippen LogP contribution in [-0.2, 0) is 11.2 Å². The smallest absolute Gasteiger partial charge is 0.257 e. The van der Waals surface area contributed by atoms with E-state index >= 15 is 0 Å². The van der Waals surface area contributed by atoms with E-state index in [9.17, 15) is 14.7 Å². The topological polar surface area (TPSA) is 117 Å². The third-order valence-electron chi connectivity index (χ3n) is 3.64. The number of amides is 2. The Kier molecular flexibility index (Phi) is 6.07. The maximum Gasteiger partial charge on any atom is 0.257 e. The van der Waals surface area contributed by atoms with Gasteiger partial charge in [0.15, 0.2) is 0 Å². The van der Waals surface area contributed by atoms with Gasteiger partial charge in [0.2, 0.25) is 11.0 Å². The van der Waals surface area contributed by atoms with Gasteiger partial charge in [-0.25, -0.2) is 5.43 Å². The number of phenolic OH excluding ortho intramolecular Hbond substituents is 1. The first-order valence-electron chi connectivity index (χ1n) is 8.31. The average Bonchev–Trinajstić information content (AvgIpc) is 3.10. The number of carbonyl (C=O) groups excluding carboxylic acids is 2. The summed E-state index contributed by atoms with van der Waals surface area (Å²) in [5.74, 6) is -0.614. The van der Waals surface area contributed by atoms with Crippen molar-refractivity contribution in [2.45, 2.75) is 13.3 Å². The van der Waals surface area contributed by atoms with Crippen LogP contribution in [0, 0.1) is 6.92 Å². The van der Waals surface area contributed by atoms with Crippen LogP contribution in [0.5, 0.6) is 5.75 Å². The minimum Gasteiger partial charge on any atom is -0.507 e. The summed E-state index contributed by atoms with van der Waals surface area (Å²) < 4.78 is 0. The molecule has 1 aromatic heterocycles. The Bertz CT molecular complexity index is 1010. The zero-order chi connectivity index (χ0) is 19.9. The number of hydrogen-bond acceptors (Lipinski definition) is 7. The van der Waals surface area contributed by atoms with Gasteiger partial charge in [-0.2, -0.15) is 5.10 Å². The average molecular weight is 395 g/mol. The minimum atomic E-state index is -0.390. The number of aryl methyl sites for hydroxylation is 1. The summed E-state index contributed by atoms with van der Waals surface area (Å²) in [6, 6.07) is 13.8. The molecule has 142 valence electrons. The van der Waals surface area contributed by atoms with E-state index in [1.54, 1.807) is 30.3 Å². The predicted molar refractivity (Wildman–Crippen MR) is 107 cm³/mol. The molecule has 0 aliphatic carbocycles. The van der Waals surface area contributed by atoms with Gasteiger partial charge < -0.3 is 5.11 Å². The van der Waals surface area contributed by atoms with Gasteiger partial charge in [0, 0.05) is 11.1 Å². The van der Waals surface area contributed by atoms with E-state index in [2.05, 4.69) is 26.0 Å². The van der Waals surface area contributed by atoms with Gasteiger partial charge in [-0.05, 0) is 31.2 Å². The zero-order valence-electron chi connectivity index (χ0n) is 14.9. The highest BCUT2D eigenvalue weighted by atomic mass is 32.1. The molecular formula is C19H17N5O3S. The Morgan fingerprint density at radius 1 is 1.14 bits per heavy atom. The second-order valence-electron chi connectivity index (χ2n) is 5.85. The normalized spacial score (nSPS) is 10.8. The molecule has 0 unspecified atom stereocenters. The van der Waals surface area contributed by atoms with E-state index < -0.39 is 0 Å². The third kappa shape index (κ3) is 5.21. The first-order chi connectivity index (χ1) is 13.5.